The smallest absolute Gasteiger partial charge is 0.253 e. The molecule has 0 radical (unpaired) electrons. The average Bonchev–Trinajstić information content (AvgIpc) is 2.60. The van der Waals surface area contributed by atoms with Crippen molar-refractivity contribution in [2.45, 2.75) is 24.8 Å². The summed E-state index contributed by atoms with van der Waals surface area (Å²) in [5, 5.41) is 0. The maximum atomic E-state index is 12.4. The highest BCUT2D eigenvalue weighted by molar-refractivity contribution is 7.89. The van der Waals surface area contributed by atoms with Crippen molar-refractivity contribution in [2.75, 3.05) is 13.6 Å². The van der Waals surface area contributed by atoms with Gasteiger partial charge in [0.25, 0.3) is 5.91 Å². The van der Waals surface area contributed by atoms with Crippen LogP contribution >= 0.6 is 0 Å². The van der Waals surface area contributed by atoms with Crippen LogP contribution in [-0.2, 0) is 16.6 Å². The van der Waals surface area contributed by atoms with E-state index in [1.165, 1.54) is 12.1 Å². The van der Waals surface area contributed by atoms with Crippen LogP contribution in [0.25, 0.3) is 0 Å². The molecule has 2 rings (SSSR count). The Morgan fingerprint density at radius 1 is 1.08 bits per heavy atom. The molecule has 6 heteroatoms. The lowest BCUT2D eigenvalue weighted by Gasteiger charge is -2.16. The van der Waals surface area contributed by atoms with Gasteiger partial charge in [-0.2, -0.15) is 0 Å². The van der Waals surface area contributed by atoms with Crippen molar-refractivity contribution in [1.82, 2.24) is 9.62 Å². The van der Waals surface area contributed by atoms with E-state index in [0.29, 0.717) is 12.1 Å². The molecule has 0 saturated heterocycles. The third-order valence-electron chi connectivity index (χ3n) is 3.61. The van der Waals surface area contributed by atoms with Crippen molar-refractivity contribution >= 4 is 15.9 Å². The molecule has 1 amide bonds. The molecule has 5 nitrogen and oxygen atoms in total. The first-order valence-electron chi connectivity index (χ1n) is 7.83. The molecule has 0 aliphatic rings. The number of nitrogens with one attached hydrogen (secondary N) is 1. The Morgan fingerprint density at radius 3 is 2.46 bits per heavy atom. The molecular weight excluding hydrogens is 324 g/mol. The summed E-state index contributed by atoms with van der Waals surface area (Å²) in [5.74, 6) is -0.183. The highest BCUT2D eigenvalue weighted by atomic mass is 32.2. The third-order valence-corrected chi connectivity index (χ3v) is 5.01. The highest BCUT2D eigenvalue weighted by Crippen LogP contribution is 2.14. The lowest BCUT2D eigenvalue weighted by Crippen LogP contribution is -2.28. The molecule has 0 saturated carbocycles. The Kier molecular flexibility index (Phi) is 6.11. The fraction of sp³-hybridized carbons (Fsp3) is 0.278. The Labute approximate surface area is 143 Å². The second kappa shape index (κ2) is 8.08. The van der Waals surface area contributed by atoms with Crippen molar-refractivity contribution < 1.29 is 13.2 Å². The van der Waals surface area contributed by atoms with Crippen LogP contribution in [0.1, 0.15) is 29.3 Å². The van der Waals surface area contributed by atoms with E-state index in [0.717, 1.165) is 12.0 Å². The SMILES string of the molecule is CCCN(C)C(=O)c1cccc(S(=O)(=O)NCc2ccccc2)c1. The van der Waals surface area contributed by atoms with E-state index in [-0.39, 0.29) is 17.3 Å². The van der Waals surface area contributed by atoms with Gasteiger partial charge in [-0.15, -0.1) is 0 Å². The van der Waals surface area contributed by atoms with Crippen LogP contribution in [0.3, 0.4) is 0 Å². The highest BCUT2D eigenvalue weighted by Gasteiger charge is 2.17. The summed E-state index contributed by atoms with van der Waals surface area (Å²) < 4.78 is 27.4. The molecule has 0 heterocycles. The van der Waals surface area contributed by atoms with Crippen LogP contribution in [0.2, 0.25) is 0 Å². The second-order valence-electron chi connectivity index (χ2n) is 5.56. The lowest BCUT2D eigenvalue weighted by molar-refractivity contribution is 0.0795. The maximum absolute atomic E-state index is 12.4. The first-order chi connectivity index (χ1) is 11.4. The largest absolute Gasteiger partial charge is 0.342 e. The summed E-state index contributed by atoms with van der Waals surface area (Å²) in [4.78, 5) is 14.0. The van der Waals surface area contributed by atoms with E-state index in [4.69, 9.17) is 0 Å². The first-order valence-corrected chi connectivity index (χ1v) is 9.31. The maximum Gasteiger partial charge on any atom is 0.253 e. The molecule has 2 aromatic rings. The number of hydrogen-bond acceptors (Lipinski definition) is 3. The topological polar surface area (TPSA) is 66.5 Å². The Bertz CT molecular complexity index is 789. The predicted molar refractivity (Wildman–Crippen MR) is 94.2 cm³/mol. The standard InChI is InChI=1S/C18H22N2O3S/c1-3-12-20(2)18(21)16-10-7-11-17(13-16)24(22,23)19-14-15-8-5-4-6-9-15/h4-11,13,19H,3,12,14H2,1-2H3. The van der Waals surface area contributed by atoms with Crippen molar-refractivity contribution in [3.05, 3.63) is 65.7 Å². The molecule has 2 aromatic carbocycles. The molecule has 0 aliphatic heterocycles. The van der Waals surface area contributed by atoms with Gasteiger partial charge in [-0.3, -0.25) is 4.79 Å². The van der Waals surface area contributed by atoms with Gasteiger partial charge in [0.05, 0.1) is 4.90 Å². The van der Waals surface area contributed by atoms with E-state index in [1.54, 1.807) is 24.1 Å². The first kappa shape index (κ1) is 18.2. The molecule has 0 aliphatic carbocycles. The van der Waals surface area contributed by atoms with Crippen LogP contribution in [0.5, 0.6) is 0 Å². The number of nitrogens with zero attached hydrogens (tertiary/aromatic N) is 1. The Morgan fingerprint density at radius 2 is 1.79 bits per heavy atom. The van der Waals surface area contributed by atoms with Gasteiger partial charge in [-0.1, -0.05) is 43.3 Å². The van der Waals surface area contributed by atoms with Crippen molar-refractivity contribution in [1.29, 1.82) is 0 Å². The number of amides is 1. The summed E-state index contributed by atoms with van der Waals surface area (Å²) in [6, 6.07) is 15.4. The van der Waals surface area contributed by atoms with Gasteiger partial charge in [-0.05, 0) is 30.2 Å². The minimum Gasteiger partial charge on any atom is -0.342 e. The zero-order valence-corrected chi connectivity index (χ0v) is 14.7. The van der Waals surface area contributed by atoms with Crippen molar-refractivity contribution in [3.8, 4) is 0 Å². The quantitative estimate of drug-likeness (QED) is 0.838. The Hall–Kier alpha value is -2.18. The lowest BCUT2D eigenvalue weighted by atomic mass is 10.2. The van der Waals surface area contributed by atoms with Gasteiger partial charge >= 0.3 is 0 Å². The van der Waals surface area contributed by atoms with E-state index >= 15 is 0 Å². The second-order valence-corrected chi connectivity index (χ2v) is 7.33. The normalized spacial score (nSPS) is 11.2. The predicted octanol–water partition coefficient (Wildman–Crippen LogP) is 2.65. The van der Waals surface area contributed by atoms with Gasteiger partial charge in [0.1, 0.15) is 0 Å². The van der Waals surface area contributed by atoms with Crippen LogP contribution < -0.4 is 4.72 Å². The summed E-state index contributed by atoms with van der Waals surface area (Å²) in [7, 11) is -1.96. The monoisotopic (exact) mass is 346 g/mol. The summed E-state index contributed by atoms with van der Waals surface area (Å²) in [5.41, 5.74) is 1.24. The zero-order chi connectivity index (χ0) is 17.6. The summed E-state index contributed by atoms with van der Waals surface area (Å²) in [6.07, 6.45) is 0.846. The Balaban J connectivity index is 2.16. The summed E-state index contributed by atoms with van der Waals surface area (Å²) in [6.45, 7) is 2.82. The van der Waals surface area contributed by atoms with Gasteiger partial charge in [0.2, 0.25) is 10.0 Å². The average molecular weight is 346 g/mol. The van der Waals surface area contributed by atoms with Crippen molar-refractivity contribution in [2.24, 2.45) is 0 Å². The fourth-order valence-corrected chi connectivity index (χ4v) is 3.37. The number of sulfonamides is 1. The van der Waals surface area contributed by atoms with Crippen LogP contribution in [-0.4, -0.2) is 32.8 Å². The molecule has 24 heavy (non-hydrogen) atoms. The van der Waals surface area contributed by atoms with Gasteiger partial charge < -0.3 is 4.90 Å². The molecule has 1 N–H and O–H groups in total. The fourth-order valence-electron chi connectivity index (χ4n) is 2.31. The third kappa shape index (κ3) is 4.66. The van der Waals surface area contributed by atoms with Gasteiger partial charge in [0, 0.05) is 25.7 Å². The van der Waals surface area contributed by atoms with E-state index < -0.39 is 10.0 Å². The molecule has 0 unspecified atom stereocenters. The minimum atomic E-state index is -3.67. The molecule has 0 atom stereocenters. The molecular formula is C18H22N2O3S. The van der Waals surface area contributed by atoms with Gasteiger partial charge in [0.15, 0.2) is 0 Å². The van der Waals surface area contributed by atoms with Crippen LogP contribution in [0.15, 0.2) is 59.5 Å². The minimum absolute atomic E-state index is 0.0918. The number of carbonyl (C=O) groups is 1. The zero-order valence-electron chi connectivity index (χ0n) is 13.9. The molecule has 0 fully saturated rings. The van der Waals surface area contributed by atoms with Gasteiger partial charge in [-0.25, -0.2) is 13.1 Å². The summed E-state index contributed by atoms with van der Waals surface area (Å²) >= 11 is 0. The molecule has 0 bridgehead atoms. The van der Waals surface area contributed by atoms with E-state index in [1.807, 2.05) is 37.3 Å². The molecule has 128 valence electrons. The number of hydrogen-bond donors (Lipinski definition) is 1. The van der Waals surface area contributed by atoms with E-state index in [9.17, 15) is 13.2 Å². The molecule has 0 aromatic heterocycles. The number of benzene rings is 2. The van der Waals surface area contributed by atoms with Crippen LogP contribution in [0.4, 0.5) is 0 Å². The van der Waals surface area contributed by atoms with E-state index in [2.05, 4.69) is 4.72 Å². The molecule has 0 spiro atoms. The van der Waals surface area contributed by atoms with Crippen LogP contribution in [0, 0.1) is 0 Å². The number of rotatable bonds is 7. The van der Waals surface area contributed by atoms with Crippen molar-refractivity contribution in [3.63, 3.8) is 0 Å². The number of carbonyl (C=O) groups excluding carboxylic acids is 1.